The molecular weight excluding hydrogens is 216 g/mol. The van der Waals surface area contributed by atoms with Crippen LogP contribution in [0.2, 0.25) is 0 Å². The van der Waals surface area contributed by atoms with Crippen molar-refractivity contribution in [1.82, 2.24) is 0 Å². The highest BCUT2D eigenvalue weighted by Gasteiger charge is 2.05. The number of hydrogen-bond donors (Lipinski definition) is 1. The number of carbonyl (C=O) groups is 1. The van der Waals surface area contributed by atoms with E-state index < -0.39 is 5.97 Å². The van der Waals surface area contributed by atoms with Crippen molar-refractivity contribution in [3.63, 3.8) is 0 Å². The van der Waals surface area contributed by atoms with Crippen LogP contribution < -0.4 is 4.90 Å². The van der Waals surface area contributed by atoms with Gasteiger partial charge in [-0.1, -0.05) is 6.07 Å². The van der Waals surface area contributed by atoms with Crippen molar-refractivity contribution < 1.29 is 9.90 Å². The van der Waals surface area contributed by atoms with Crippen LogP contribution in [0.1, 0.15) is 18.1 Å². The van der Waals surface area contributed by atoms with Crippen LogP contribution in [0.4, 0.5) is 5.69 Å². The largest absolute Gasteiger partial charge is 0.478 e. The first-order valence-corrected chi connectivity index (χ1v) is 5.24. The molecule has 0 aliphatic rings. The molecule has 0 aliphatic carbocycles. The lowest BCUT2D eigenvalue weighted by Gasteiger charge is -2.18. The molecule has 0 bridgehead atoms. The molecule has 0 fully saturated rings. The quantitative estimate of drug-likeness (QED) is 0.804. The Morgan fingerprint density at radius 3 is 2.82 bits per heavy atom. The van der Waals surface area contributed by atoms with Crippen LogP contribution in [-0.4, -0.2) is 24.7 Å². The Bertz CT molecular complexity index is 487. The van der Waals surface area contributed by atoms with Gasteiger partial charge in [0, 0.05) is 19.7 Å². The molecule has 0 aliphatic heterocycles. The molecule has 17 heavy (non-hydrogen) atoms. The molecule has 4 heteroatoms. The summed E-state index contributed by atoms with van der Waals surface area (Å²) in [7, 11) is 1.91. The Morgan fingerprint density at radius 2 is 2.29 bits per heavy atom. The third-order valence-electron chi connectivity index (χ3n) is 2.45. The third-order valence-corrected chi connectivity index (χ3v) is 2.45. The normalized spacial score (nSPS) is 10.2. The average molecular weight is 230 g/mol. The van der Waals surface area contributed by atoms with E-state index in [1.54, 1.807) is 12.1 Å². The predicted molar refractivity (Wildman–Crippen MR) is 66.8 cm³/mol. The molecule has 1 rings (SSSR count). The first-order valence-electron chi connectivity index (χ1n) is 5.24. The summed E-state index contributed by atoms with van der Waals surface area (Å²) in [6.07, 6.45) is 2.53. The number of carboxylic acids is 1. The van der Waals surface area contributed by atoms with Gasteiger partial charge in [0.25, 0.3) is 0 Å². The molecular formula is C13H14N2O2. The summed E-state index contributed by atoms with van der Waals surface area (Å²) < 4.78 is 0. The molecule has 1 N–H and O–H groups in total. The lowest BCUT2D eigenvalue weighted by molar-refractivity contribution is -0.131. The molecule has 4 nitrogen and oxygen atoms in total. The Hall–Kier alpha value is -2.28. The van der Waals surface area contributed by atoms with Crippen LogP contribution in [0, 0.1) is 11.3 Å². The van der Waals surface area contributed by atoms with Gasteiger partial charge in [-0.25, -0.2) is 4.79 Å². The lowest BCUT2D eigenvalue weighted by Crippen LogP contribution is -2.16. The maximum Gasteiger partial charge on any atom is 0.328 e. The molecule has 88 valence electrons. The van der Waals surface area contributed by atoms with E-state index in [-0.39, 0.29) is 0 Å². The minimum absolute atomic E-state index is 0.543. The van der Waals surface area contributed by atoms with Gasteiger partial charge in [-0.15, -0.1) is 0 Å². The highest BCUT2D eigenvalue weighted by atomic mass is 16.4. The molecule has 0 amide bonds. The Morgan fingerprint density at radius 1 is 1.59 bits per heavy atom. The van der Waals surface area contributed by atoms with E-state index in [1.165, 1.54) is 6.08 Å². The monoisotopic (exact) mass is 230 g/mol. The number of aliphatic carboxylic acids is 1. The first-order chi connectivity index (χ1) is 8.08. The maximum atomic E-state index is 10.4. The van der Waals surface area contributed by atoms with E-state index in [4.69, 9.17) is 10.4 Å². The number of carboxylic acid groups (broad SMARTS) is 1. The lowest BCUT2D eigenvalue weighted by atomic mass is 10.1. The molecule has 0 saturated heterocycles. The summed E-state index contributed by atoms with van der Waals surface area (Å²) in [4.78, 5) is 12.4. The fourth-order valence-electron chi connectivity index (χ4n) is 1.42. The van der Waals surface area contributed by atoms with E-state index >= 15 is 0 Å². The van der Waals surface area contributed by atoms with Gasteiger partial charge in [-0.2, -0.15) is 5.26 Å². The topological polar surface area (TPSA) is 64.3 Å². The number of rotatable bonds is 4. The second-order valence-corrected chi connectivity index (χ2v) is 3.57. The van der Waals surface area contributed by atoms with Crippen LogP contribution in [0.15, 0.2) is 24.3 Å². The fourth-order valence-corrected chi connectivity index (χ4v) is 1.42. The standard InChI is InChI=1S/C13H14N2O2/c1-3-15(2)12-6-4-10(5-7-13(16)17)8-11(12)9-14/h4-8H,3H2,1-2H3,(H,16,17)/b7-5+. The summed E-state index contributed by atoms with van der Waals surface area (Å²) in [5.74, 6) is -1.00. The van der Waals surface area contributed by atoms with Crippen LogP contribution in [0.5, 0.6) is 0 Å². The van der Waals surface area contributed by atoms with E-state index in [0.717, 1.165) is 18.3 Å². The van der Waals surface area contributed by atoms with Crippen molar-refractivity contribution in [3.8, 4) is 6.07 Å². The average Bonchev–Trinajstić information content (AvgIpc) is 2.34. The Balaban J connectivity index is 3.10. The summed E-state index contributed by atoms with van der Waals surface area (Å²) in [6, 6.07) is 7.41. The van der Waals surface area contributed by atoms with Crippen molar-refractivity contribution in [2.24, 2.45) is 0 Å². The smallest absolute Gasteiger partial charge is 0.328 e. The summed E-state index contributed by atoms with van der Waals surface area (Å²) in [6.45, 7) is 2.80. The van der Waals surface area contributed by atoms with Crippen molar-refractivity contribution >= 4 is 17.7 Å². The van der Waals surface area contributed by atoms with Gasteiger partial charge >= 0.3 is 5.97 Å². The van der Waals surface area contributed by atoms with Crippen molar-refractivity contribution in [2.75, 3.05) is 18.5 Å². The second-order valence-electron chi connectivity index (χ2n) is 3.57. The maximum absolute atomic E-state index is 10.4. The number of nitriles is 1. The minimum Gasteiger partial charge on any atom is -0.478 e. The minimum atomic E-state index is -1.00. The van der Waals surface area contributed by atoms with Gasteiger partial charge in [0.2, 0.25) is 0 Å². The molecule has 1 aromatic carbocycles. The Labute approximate surface area is 100 Å². The molecule has 0 heterocycles. The SMILES string of the molecule is CCN(C)c1ccc(/C=C/C(=O)O)cc1C#N. The van der Waals surface area contributed by atoms with Crippen molar-refractivity contribution in [3.05, 3.63) is 35.4 Å². The van der Waals surface area contributed by atoms with E-state index in [9.17, 15) is 4.79 Å². The van der Waals surface area contributed by atoms with Crippen LogP contribution >= 0.6 is 0 Å². The van der Waals surface area contributed by atoms with Gasteiger partial charge in [0.1, 0.15) is 6.07 Å². The highest BCUT2D eigenvalue weighted by Crippen LogP contribution is 2.20. The third kappa shape index (κ3) is 3.35. The summed E-state index contributed by atoms with van der Waals surface area (Å²) >= 11 is 0. The van der Waals surface area contributed by atoms with E-state index in [2.05, 4.69) is 6.07 Å². The summed E-state index contributed by atoms with van der Waals surface area (Å²) in [5, 5.41) is 17.6. The van der Waals surface area contributed by atoms with Gasteiger partial charge in [-0.3, -0.25) is 0 Å². The molecule has 0 radical (unpaired) electrons. The zero-order valence-electron chi connectivity index (χ0n) is 9.84. The first kappa shape index (κ1) is 12.8. The summed E-state index contributed by atoms with van der Waals surface area (Å²) in [5.41, 5.74) is 2.10. The van der Waals surface area contributed by atoms with Crippen LogP contribution in [-0.2, 0) is 4.79 Å². The van der Waals surface area contributed by atoms with Gasteiger partial charge in [-0.05, 0) is 30.7 Å². The van der Waals surface area contributed by atoms with Crippen molar-refractivity contribution in [1.29, 1.82) is 5.26 Å². The highest BCUT2D eigenvalue weighted by molar-refractivity contribution is 5.85. The van der Waals surface area contributed by atoms with E-state index in [0.29, 0.717) is 11.1 Å². The van der Waals surface area contributed by atoms with E-state index in [1.807, 2.05) is 24.9 Å². The van der Waals surface area contributed by atoms with Gasteiger partial charge in [0.05, 0.1) is 11.3 Å². The molecule has 0 aromatic heterocycles. The second kappa shape index (κ2) is 5.71. The predicted octanol–water partition coefficient (Wildman–Crippen LogP) is 2.11. The molecule has 1 aromatic rings. The molecule has 0 atom stereocenters. The van der Waals surface area contributed by atoms with Gasteiger partial charge in [0.15, 0.2) is 0 Å². The van der Waals surface area contributed by atoms with Crippen molar-refractivity contribution in [2.45, 2.75) is 6.92 Å². The van der Waals surface area contributed by atoms with Crippen LogP contribution in [0.3, 0.4) is 0 Å². The zero-order chi connectivity index (χ0) is 12.8. The number of benzene rings is 1. The molecule has 0 unspecified atom stereocenters. The number of nitrogens with zero attached hydrogens (tertiary/aromatic N) is 2. The number of anilines is 1. The zero-order valence-corrected chi connectivity index (χ0v) is 9.84. The van der Waals surface area contributed by atoms with Gasteiger partial charge < -0.3 is 10.0 Å². The molecule has 0 saturated carbocycles. The Kier molecular flexibility index (Phi) is 4.29. The van der Waals surface area contributed by atoms with Crippen LogP contribution in [0.25, 0.3) is 6.08 Å². The fraction of sp³-hybridized carbons (Fsp3) is 0.231. The number of hydrogen-bond acceptors (Lipinski definition) is 3. The molecule has 0 spiro atoms.